The van der Waals surface area contributed by atoms with Crippen LogP contribution in [0.1, 0.15) is 44.7 Å². The number of amides is 2. The number of nitrogens with two attached hydrogens (primary N) is 1. The van der Waals surface area contributed by atoms with Crippen molar-refractivity contribution in [3.8, 4) is 0 Å². The van der Waals surface area contributed by atoms with Crippen LogP contribution < -0.4 is 11.1 Å². The van der Waals surface area contributed by atoms with Gasteiger partial charge in [-0.15, -0.1) is 12.4 Å². The van der Waals surface area contributed by atoms with Crippen molar-refractivity contribution in [3.05, 3.63) is 35.6 Å². The molecule has 1 aromatic carbocycles. The third-order valence-electron chi connectivity index (χ3n) is 4.51. The summed E-state index contributed by atoms with van der Waals surface area (Å²) in [7, 11) is 0. The Kier molecular flexibility index (Phi) is 8.32. The largest absolute Gasteiger partial charge is 0.346 e. The summed E-state index contributed by atoms with van der Waals surface area (Å²) >= 11 is 0. The average Bonchev–Trinajstić information content (AvgIpc) is 2.59. The van der Waals surface area contributed by atoms with Crippen molar-refractivity contribution >= 4 is 24.2 Å². The molecule has 25 heavy (non-hydrogen) atoms. The van der Waals surface area contributed by atoms with Crippen molar-refractivity contribution < 1.29 is 14.0 Å². The minimum atomic E-state index is -0.618. The highest BCUT2D eigenvalue weighted by Gasteiger charge is 2.28. The van der Waals surface area contributed by atoms with Crippen LogP contribution in [0.2, 0.25) is 0 Å². The molecule has 1 aliphatic heterocycles. The monoisotopic (exact) mass is 371 g/mol. The minimum Gasteiger partial charge on any atom is -0.346 e. The van der Waals surface area contributed by atoms with E-state index < -0.39 is 6.04 Å². The first-order chi connectivity index (χ1) is 11.4. The van der Waals surface area contributed by atoms with Crippen molar-refractivity contribution in [2.45, 2.75) is 45.2 Å². The Bertz CT molecular complexity index is 580. The maximum absolute atomic E-state index is 13.1. The number of halogens is 2. The molecule has 0 aliphatic carbocycles. The van der Waals surface area contributed by atoms with Crippen molar-refractivity contribution in [3.63, 3.8) is 0 Å². The van der Waals surface area contributed by atoms with Crippen LogP contribution >= 0.6 is 12.4 Å². The molecule has 1 aliphatic rings. The van der Waals surface area contributed by atoms with E-state index in [9.17, 15) is 14.0 Å². The van der Waals surface area contributed by atoms with Gasteiger partial charge >= 0.3 is 0 Å². The Morgan fingerprint density at radius 3 is 2.52 bits per heavy atom. The Balaban J connectivity index is 0.00000312. The van der Waals surface area contributed by atoms with E-state index in [1.165, 1.54) is 12.1 Å². The van der Waals surface area contributed by atoms with Gasteiger partial charge in [-0.2, -0.15) is 0 Å². The maximum Gasteiger partial charge on any atom is 0.242 e. The second-order valence-corrected chi connectivity index (χ2v) is 6.64. The van der Waals surface area contributed by atoms with Crippen LogP contribution in [0, 0.1) is 11.7 Å². The number of nitrogens with zero attached hydrogens (tertiary/aromatic N) is 1. The second kappa shape index (κ2) is 9.73. The Hall–Kier alpha value is -1.66. The zero-order valence-corrected chi connectivity index (χ0v) is 15.5. The highest BCUT2D eigenvalue weighted by atomic mass is 35.5. The number of piperidine rings is 1. The summed E-state index contributed by atoms with van der Waals surface area (Å²) in [4.78, 5) is 26.2. The molecule has 0 bridgehead atoms. The molecule has 1 fully saturated rings. The molecule has 0 spiro atoms. The third kappa shape index (κ3) is 5.68. The van der Waals surface area contributed by atoms with E-state index in [1.54, 1.807) is 17.0 Å². The second-order valence-electron chi connectivity index (χ2n) is 6.64. The van der Waals surface area contributed by atoms with Gasteiger partial charge < -0.3 is 16.0 Å². The highest BCUT2D eigenvalue weighted by Crippen LogP contribution is 2.30. The van der Waals surface area contributed by atoms with Gasteiger partial charge in [0, 0.05) is 6.54 Å². The highest BCUT2D eigenvalue weighted by molar-refractivity contribution is 5.87. The number of hydrogen-bond donors (Lipinski definition) is 2. The van der Waals surface area contributed by atoms with E-state index >= 15 is 0 Å². The summed E-state index contributed by atoms with van der Waals surface area (Å²) in [5.41, 5.74) is 6.71. The summed E-state index contributed by atoms with van der Waals surface area (Å²) in [6.45, 7) is 4.31. The lowest BCUT2D eigenvalue weighted by molar-refractivity contribution is -0.136. The van der Waals surface area contributed by atoms with Gasteiger partial charge in [0.2, 0.25) is 11.8 Å². The fourth-order valence-electron chi connectivity index (χ4n) is 2.95. The molecule has 1 heterocycles. The molecule has 3 N–H and O–H groups in total. The lowest BCUT2D eigenvalue weighted by Gasteiger charge is -2.36. The van der Waals surface area contributed by atoms with E-state index in [0.29, 0.717) is 6.54 Å². The van der Waals surface area contributed by atoms with Gasteiger partial charge in [0.25, 0.3) is 0 Å². The lowest BCUT2D eigenvalue weighted by atomic mass is 9.95. The fraction of sp³-hybridized carbons (Fsp3) is 0.556. The fourth-order valence-corrected chi connectivity index (χ4v) is 2.95. The van der Waals surface area contributed by atoms with Gasteiger partial charge in [-0.1, -0.05) is 26.0 Å². The maximum atomic E-state index is 13.1. The molecule has 2 amide bonds. The van der Waals surface area contributed by atoms with Crippen LogP contribution in [0.4, 0.5) is 4.39 Å². The summed E-state index contributed by atoms with van der Waals surface area (Å²) in [5.74, 6) is -0.716. The SMILES string of the molecule is CC(C)[C@H](N)C(=O)NCC(=O)N1CCCCC1c1ccc(F)cc1.Cl. The quantitative estimate of drug-likeness (QED) is 0.834. The van der Waals surface area contributed by atoms with Crippen molar-refractivity contribution in [1.82, 2.24) is 10.2 Å². The van der Waals surface area contributed by atoms with Crippen molar-refractivity contribution in [2.24, 2.45) is 11.7 Å². The molecule has 2 rings (SSSR count). The van der Waals surface area contributed by atoms with Gasteiger partial charge in [-0.05, 0) is 42.9 Å². The zero-order chi connectivity index (χ0) is 17.7. The first-order valence-corrected chi connectivity index (χ1v) is 8.48. The van der Waals surface area contributed by atoms with Gasteiger partial charge in [-0.25, -0.2) is 4.39 Å². The molecule has 140 valence electrons. The number of benzene rings is 1. The van der Waals surface area contributed by atoms with Gasteiger partial charge in [-0.3, -0.25) is 9.59 Å². The van der Waals surface area contributed by atoms with Crippen LogP contribution in [0.5, 0.6) is 0 Å². The Labute approximate surface area is 154 Å². The molecule has 2 atom stereocenters. The number of carbonyl (C=O) groups is 2. The van der Waals surface area contributed by atoms with Gasteiger partial charge in [0.05, 0.1) is 18.6 Å². The summed E-state index contributed by atoms with van der Waals surface area (Å²) < 4.78 is 13.1. The third-order valence-corrected chi connectivity index (χ3v) is 4.51. The molecule has 0 aromatic heterocycles. The van der Waals surface area contributed by atoms with E-state index in [1.807, 2.05) is 13.8 Å². The molecule has 1 saturated heterocycles. The molecular formula is C18H27ClFN3O2. The predicted octanol–water partition coefficient (Wildman–Crippen LogP) is 2.40. The van der Waals surface area contributed by atoms with Gasteiger partial charge in [0.15, 0.2) is 0 Å². The van der Waals surface area contributed by atoms with Crippen LogP contribution in [-0.4, -0.2) is 35.8 Å². The van der Waals surface area contributed by atoms with Crippen LogP contribution in [-0.2, 0) is 9.59 Å². The number of nitrogens with one attached hydrogen (secondary N) is 1. The van der Waals surface area contributed by atoms with E-state index in [0.717, 1.165) is 24.8 Å². The number of rotatable bonds is 5. The predicted molar refractivity (Wildman–Crippen MR) is 97.8 cm³/mol. The molecule has 7 heteroatoms. The van der Waals surface area contributed by atoms with Crippen LogP contribution in [0.3, 0.4) is 0 Å². The summed E-state index contributed by atoms with van der Waals surface area (Å²) in [6, 6.07) is 5.58. The van der Waals surface area contributed by atoms with E-state index in [4.69, 9.17) is 5.73 Å². The van der Waals surface area contributed by atoms with Gasteiger partial charge in [0.1, 0.15) is 5.82 Å². The number of hydrogen-bond acceptors (Lipinski definition) is 3. The number of carbonyl (C=O) groups excluding carboxylic acids is 2. The van der Waals surface area contributed by atoms with E-state index in [-0.39, 0.29) is 48.5 Å². The molecule has 1 unspecified atom stereocenters. The number of likely N-dealkylation sites (tertiary alicyclic amines) is 1. The average molecular weight is 372 g/mol. The smallest absolute Gasteiger partial charge is 0.242 e. The molecule has 1 aromatic rings. The van der Waals surface area contributed by atoms with Crippen molar-refractivity contribution in [2.75, 3.05) is 13.1 Å². The molecule has 5 nitrogen and oxygen atoms in total. The molecule has 0 saturated carbocycles. The normalized spacial score (nSPS) is 18.4. The van der Waals surface area contributed by atoms with Crippen molar-refractivity contribution in [1.29, 1.82) is 0 Å². The Morgan fingerprint density at radius 1 is 1.28 bits per heavy atom. The first kappa shape index (κ1) is 21.4. The van der Waals surface area contributed by atoms with Crippen LogP contribution in [0.15, 0.2) is 24.3 Å². The van der Waals surface area contributed by atoms with Crippen LogP contribution in [0.25, 0.3) is 0 Å². The first-order valence-electron chi connectivity index (χ1n) is 8.48. The zero-order valence-electron chi connectivity index (χ0n) is 14.7. The Morgan fingerprint density at radius 2 is 1.92 bits per heavy atom. The lowest BCUT2D eigenvalue weighted by Crippen LogP contribution is -2.49. The topological polar surface area (TPSA) is 75.4 Å². The summed E-state index contributed by atoms with van der Waals surface area (Å²) in [5, 5.41) is 2.63. The molecular weight excluding hydrogens is 345 g/mol. The minimum absolute atomic E-state index is 0. The molecule has 0 radical (unpaired) electrons. The standard InChI is InChI=1S/C18H26FN3O2.ClH/c1-12(2)17(20)18(24)21-11-16(23)22-10-4-3-5-15(22)13-6-8-14(19)9-7-13;/h6-9,12,15,17H,3-5,10-11,20H2,1-2H3,(H,21,24);1H/t15?,17-;/m0./s1. The van der Waals surface area contributed by atoms with E-state index in [2.05, 4.69) is 5.32 Å². The summed E-state index contributed by atoms with van der Waals surface area (Å²) in [6.07, 6.45) is 2.80.